The Balaban J connectivity index is 1.69. The zero-order valence-corrected chi connectivity index (χ0v) is 19.5. The van der Waals surface area contributed by atoms with Crippen LogP contribution in [-0.4, -0.2) is 42.7 Å². The maximum atomic E-state index is 5.05. The average molecular weight is 443 g/mol. The van der Waals surface area contributed by atoms with E-state index in [1.54, 1.807) is 0 Å². The van der Waals surface area contributed by atoms with E-state index >= 15 is 0 Å². The fourth-order valence-electron chi connectivity index (χ4n) is 3.86. The predicted octanol–water partition coefficient (Wildman–Crippen LogP) is 5.07. The highest BCUT2D eigenvalue weighted by Crippen LogP contribution is 2.36. The summed E-state index contributed by atoms with van der Waals surface area (Å²) in [6.45, 7) is 8.45. The molecule has 0 aliphatic heterocycles. The van der Waals surface area contributed by atoms with Gasteiger partial charge in [0.2, 0.25) is 5.95 Å². The summed E-state index contributed by atoms with van der Waals surface area (Å²) in [5.74, 6) is 2.42. The number of hydrogen-bond donors (Lipinski definition) is 3. The maximum Gasteiger partial charge on any atom is 0.223 e. The van der Waals surface area contributed by atoms with Crippen LogP contribution in [0, 0.1) is 0 Å². The summed E-state index contributed by atoms with van der Waals surface area (Å²) >= 11 is 0. The van der Waals surface area contributed by atoms with E-state index in [-0.39, 0.29) is 12.1 Å². The van der Waals surface area contributed by atoms with Crippen LogP contribution in [0.25, 0.3) is 28.0 Å². The van der Waals surface area contributed by atoms with Crippen molar-refractivity contribution < 1.29 is 0 Å². The van der Waals surface area contributed by atoms with Crippen molar-refractivity contribution in [2.75, 3.05) is 16.0 Å². The fourth-order valence-corrected chi connectivity index (χ4v) is 3.86. The molecule has 4 aromatic rings. The van der Waals surface area contributed by atoms with Crippen LogP contribution in [0.4, 0.5) is 17.6 Å². The summed E-state index contributed by atoms with van der Waals surface area (Å²) in [5, 5.41) is 15.4. The molecule has 8 nitrogen and oxygen atoms in total. The number of nitrogens with one attached hydrogen (secondary N) is 3. The summed E-state index contributed by atoms with van der Waals surface area (Å²) in [5.41, 5.74) is 4.65. The molecule has 4 aromatic heterocycles. The Labute approximate surface area is 193 Å². The van der Waals surface area contributed by atoms with E-state index in [0.29, 0.717) is 12.0 Å². The molecular weight excluding hydrogens is 412 g/mol. The Hall–Kier alpha value is -3.68. The second-order valence-corrected chi connectivity index (χ2v) is 9.14. The van der Waals surface area contributed by atoms with E-state index in [9.17, 15) is 0 Å². The molecule has 4 heterocycles. The third kappa shape index (κ3) is 4.60. The van der Waals surface area contributed by atoms with Crippen molar-refractivity contribution in [2.45, 2.75) is 58.7 Å². The first-order valence-corrected chi connectivity index (χ1v) is 11.6. The van der Waals surface area contributed by atoms with Crippen LogP contribution in [0.15, 0.2) is 48.8 Å². The largest absolute Gasteiger partial charge is 0.368 e. The van der Waals surface area contributed by atoms with Gasteiger partial charge >= 0.3 is 0 Å². The molecule has 0 amide bonds. The van der Waals surface area contributed by atoms with Gasteiger partial charge in [0.15, 0.2) is 0 Å². The lowest BCUT2D eigenvalue weighted by molar-refractivity contribution is 0.858. The van der Waals surface area contributed by atoms with Gasteiger partial charge in [-0.3, -0.25) is 0 Å². The lowest BCUT2D eigenvalue weighted by atomic mass is 10.0. The minimum Gasteiger partial charge on any atom is -0.368 e. The van der Waals surface area contributed by atoms with Gasteiger partial charge in [-0.05, 0) is 70.9 Å². The second kappa shape index (κ2) is 8.69. The minimum atomic E-state index is 0.280. The van der Waals surface area contributed by atoms with Crippen molar-refractivity contribution in [1.82, 2.24) is 24.6 Å². The number of anilines is 3. The Morgan fingerprint density at radius 2 is 1.73 bits per heavy atom. The topological polar surface area (TPSA) is 92.1 Å². The molecule has 8 heteroatoms. The van der Waals surface area contributed by atoms with Crippen molar-refractivity contribution in [1.29, 1.82) is 0 Å². The zero-order valence-electron chi connectivity index (χ0n) is 19.5. The SMILES string of the molecule is CC(C)Nc1cc(-c2nn3c(NC(C)C)cccc3c2-c2ccnc(NC3CC3)n2)ccn1. The van der Waals surface area contributed by atoms with Crippen LogP contribution in [0.1, 0.15) is 40.5 Å². The maximum absolute atomic E-state index is 5.05. The number of nitrogens with zero attached hydrogens (tertiary/aromatic N) is 5. The molecule has 0 aromatic carbocycles. The van der Waals surface area contributed by atoms with E-state index in [1.165, 1.54) is 12.8 Å². The second-order valence-electron chi connectivity index (χ2n) is 9.14. The van der Waals surface area contributed by atoms with Crippen molar-refractivity contribution in [3.05, 3.63) is 48.8 Å². The lowest BCUT2D eigenvalue weighted by Crippen LogP contribution is -2.13. The summed E-state index contributed by atoms with van der Waals surface area (Å²) in [7, 11) is 0. The Morgan fingerprint density at radius 3 is 2.48 bits per heavy atom. The first-order valence-electron chi connectivity index (χ1n) is 11.6. The van der Waals surface area contributed by atoms with Crippen LogP contribution < -0.4 is 16.0 Å². The highest BCUT2D eigenvalue weighted by molar-refractivity contribution is 5.92. The van der Waals surface area contributed by atoms with E-state index in [4.69, 9.17) is 10.1 Å². The van der Waals surface area contributed by atoms with Gasteiger partial charge in [0.05, 0.1) is 16.8 Å². The highest BCUT2D eigenvalue weighted by Gasteiger charge is 2.24. The fraction of sp³-hybridized carbons (Fsp3) is 0.360. The molecular formula is C25H30N8. The molecule has 0 unspecified atom stereocenters. The van der Waals surface area contributed by atoms with Gasteiger partial charge < -0.3 is 16.0 Å². The molecule has 5 rings (SSSR count). The molecule has 0 saturated heterocycles. The Bertz CT molecular complexity index is 1270. The first kappa shape index (κ1) is 21.2. The van der Waals surface area contributed by atoms with Crippen molar-refractivity contribution >= 4 is 23.1 Å². The molecule has 1 aliphatic carbocycles. The molecule has 0 radical (unpaired) electrons. The quantitative estimate of drug-likeness (QED) is 0.351. The van der Waals surface area contributed by atoms with Gasteiger partial charge in [0.1, 0.15) is 17.3 Å². The Morgan fingerprint density at radius 1 is 0.939 bits per heavy atom. The molecule has 0 atom stereocenters. The summed E-state index contributed by atoms with van der Waals surface area (Å²) < 4.78 is 1.97. The summed E-state index contributed by atoms with van der Waals surface area (Å²) in [4.78, 5) is 13.8. The molecule has 0 spiro atoms. The molecule has 0 bridgehead atoms. The minimum absolute atomic E-state index is 0.280. The molecule has 3 N–H and O–H groups in total. The van der Waals surface area contributed by atoms with E-state index < -0.39 is 0 Å². The third-order valence-corrected chi connectivity index (χ3v) is 5.39. The van der Waals surface area contributed by atoms with Gasteiger partial charge in [-0.2, -0.15) is 5.10 Å². The average Bonchev–Trinajstić information content (AvgIpc) is 3.49. The van der Waals surface area contributed by atoms with E-state index in [2.05, 4.69) is 65.7 Å². The van der Waals surface area contributed by atoms with Crippen molar-refractivity contribution in [2.24, 2.45) is 0 Å². The summed E-state index contributed by atoms with van der Waals surface area (Å²) in [6.07, 6.45) is 5.97. The van der Waals surface area contributed by atoms with E-state index in [1.807, 2.05) is 41.2 Å². The molecule has 170 valence electrons. The standard InChI is InChI=1S/C25H30N8/c1-15(2)28-21-14-17(10-12-26-21)24-23(19-11-13-27-25(31-19)30-18-8-9-18)20-6-5-7-22(29-16(3)4)33(20)32-24/h5-7,10-16,18,29H,8-9H2,1-4H3,(H,26,28)(H,27,30,31). The smallest absolute Gasteiger partial charge is 0.223 e. The summed E-state index contributed by atoms with van der Waals surface area (Å²) in [6, 6.07) is 13.2. The number of aromatic nitrogens is 5. The van der Waals surface area contributed by atoms with Crippen LogP contribution in [0.5, 0.6) is 0 Å². The van der Waals surface area contributed by atoms with Gasteiger partial charge in [0.25, 0.3) is 0 Å². The molecule has 33 heavy (non-hydrogen) atoms. The van der Waals surface area contributed by atoms with Gasteiger partial charge in [0, 0.05) is 36.1 Å². The zero-order chi connectivity index (χ0) is 22.9. The van der Waals surface area contributed by atoms with Crippen LogP contribution in [0.3, 0.4) is 0 Å². The number of hydrogen-bond acceptors (Lipinski definition) is 7. The molecule has 1 aliphatic rings. The van der Waals surface area contributed by atoms with Crippen molar-refractivity contribution in [3.8, 4) is 22.5 Å². The predicted molar refractivity (Wildman–Crippen MR) is 134 cm³/mol. The van der Waals surface area contributed by atoms with Gasteiger partial charge in [-0.25, -0.2) is 19.5 Å². The number of fused-ring (bicyclic) bond motifs is 1. The monoisotopic (exact) mass is 442 g/mol. The Kier molecular flexibility index (Phi) is 5.58. The lowest BCUT2D eigenvalue weighted by Gasteiger charge is -2.11. The van der Waals surface area contributed by atoms with Crippen LogP contribution >= 0.6 is 0 Å². The van der Waals surface area contributed by atoms with Gasteiger partial charge in [-0.15, -0.1) is 0 Å². The highest BCUT2D eigenvalue weighted by atomic mass is 15.3. The van der Waals surface area contributed by atoms with E-state index in [0.717, 1.165) is 39.7 Å². The van der Waals surface area contributed by atoms with Crippen LogP contribution in [0.2, 0.25) is 0 Å². The number of rotatable bonds is 8. The van der Waals surface area contributed by atoms with Gasteiger partial charge in [-0.1, -0.05) is 6.07 Å². The molecule has 1 fully saturated rings. The number of pyridine rings is 2. The first-order chi connectivity index (χ1) is 16.0. The van der Waals surface area contributed by atoms with Crippen LogP contribution in [-0.2, 0) is 0 Å². The normalized spacial score (nSPS) is 13.6. The molecule has 1 saturated carbocycles. The third-order valence-electron chi connectivity index (χ3n) is 5.39. The van der Waals surface area contributed by atoms with Crippen molar-refractivity contribution in [3.63, 3.8) is 0 Å².